The van der Waals surface area contributed by atoms with Crippen LogP contribution in [0, 0.1) is 17.7 Å². The average Bonchev–Trinajstić information content (AvgIpc) is 2.81. The molecule has 0 aliphatic carbocycles. The Morgan fingerprint density at radius 2 is 1.13 bits per heavy atom. The normalized spacial score (nSPS) is 16.0. The van der Waals surface area contributed by atoms with Crippen LogP contribution in [0.1, 0.15) is 42.1 Å². The lowest BCUT2D eigenvalue weighted by molar-refractivity contribution is 0.0892. The van der Waals surface area contributed by atoms with Crippen LogP contribution < -0.4 is 0 Å². The molecule has 1 aliphatic heterocycles. The molecule has 0 radical (unpaired) electrons. The summed E-state index contributed by atoms with van der Waals surface area (Å²) in [6.45, 7) is 8.60. The maximum absolute atomic E-state index is 13.6. The van der Waals surface area contributed by atoms with E-state index in [0.717, 1.165) is 42.9 Å². The van der Waals surface area contributed by atoms with Gasteiger partial charge < -0.3 is 0 Å². The Bertz CT molecular complexity index is 1020. The summed E-state index contributed by atoms with van der Waals surface area (Å²) in [6, 6.07) is 26.2. The predicted molar refractivity (Wildman–Crippen MR) is 125 cm³/mol. The molecule has 3 aromatic rings. The molecule has 0 bridgehead atoms. The van der Waals surface area contributed by atoms with E-state index in [0.29, 0.717) is 6.04 Å². The number of hydrogen-bond donors (Lipinski definition) is 0. The minimum absolute atomic E-state index is 0.117. The summed E-state index contributed by atoms with van der Waals surface area (Å²) in [4.78, 5) is 5.03. The molecule has 0 N–H and O–H groups in total. The van der Waals surface area contributed by atoms with Crippen molar-refractivity contribution in [1.29, 1.82) is 0 Å². The molecular weight excluding hydrogens is 383 g/mol. The Morgan fingerprint density at radius 1 is 0.645 bits per heavy atom. The molecule has 0 aromatic heterocycles. The first kappa shape index (κ1) is 21.3. The maximum atomic E-state index is 13.6. The second-order valence-corrected chi connectivity index (χ2v) is 8.36. The number of benzene rings is 3. The zero-order valence-corrected chi connectivity index (χ0v) is 18.3. The average molecular weight is 413 g/mol. The topological polar surface area (TPSA) is 6.48 Å². The van der Waals surface area contributed by atoms with Gasteiger partial charge in [-0.15, -0.1) is 0 Å². The van der Waals surface area contributed by atoms with Crippen molar-refractivity contribution in [2.24, 2.45) is 0 Å². The number of halogens is 1. The van der Waals surface area contributed by atoms with Crippen molar-refractivity contribution in [2.45, 2.75) is 25.9 Å². The van der Waals surface area contributed by atoms with Crippen molar-refractivity contribution < 1.29 is 4.39 Å². The van der Waals surface area contributed by atoms with Crippen molar-refractivity contribution in [1.82, 2.24) is 9.80 Å². The summed E-state index contributed by atoms with van der Waals surface area (Å²) in [7, 11) is 0. The molecule has 1 atom stereocenters. The lowest BCUT2D eigenvalue weighted by Gasteiger charge is -2.41. The standard InChI is InChI=1S/C28H29FN2/c1-22(2)30-18-20-31(21-19-30)28(26-14-16-27(29)17-15-26)25-12-10-24(11-13-25)9-8-23-6-4-3-5-7-23/h3-7,10-17,22,28H,18-21H2,1-2H3. The van der Waals surface area contributed by atoms with Crippen LogP contribution in [0.3, 0.4) is 0 Å². The van der Waals surface area contributed by atoms with Crippen LogP contribution in [-0.4, -0.2) is 42.0 Å². The molecule has 4 rings (SSSR count). The van der Waals surface area contributed by atoms with Gasteiger partial charge in [-0.3, -0.25) is 9.80 Å². The number of hydrogen-bond acceptors (Lipinski definition) is 2. The summed E-state index contributed by atoms with van der Waals surface area (Å²) in [5.41, 5.74) is 4.35. The lowest BCUT2D eigenvalue weighted by Crippen LogP contribution is -2.49. The summed E-state index contributed by atoms with van der Waals surface area (Å²) in [6.07, 6.45) is 0. The summed E-state index contributed by atoms with van der Waals surface area (Å²) >= 11 is 0. The quantitative estimate of drug-likeness (QED) is 0.534. The van der Waals surface area contributed by atoms with E-state index in [2.05, 4.69) is 59.8 Å². The van der Waals surface area contributed by atoms with E-state index in [-0.39, 0.29) is 11.9 Å². The molecule has 0 amide bonds. The van der Waals surface area contributed by atoms with Gasteiger partial charge in [-0.25, -0.2) is 4.39 Å². The van der Waals surface area contributed by atoms with Gasteiger partial charge in [-0.2, -0.15) is 0 Å². The van der Waals surface area contributed by atoms with Crippen molar-refractivity contribution in [3.8, 4) is 11.8 Å². The number of piperazine rings is 1. The Labute approximate surface area is 185 Å². The Balaban J connectivity index is 1.58. The van der Waals surface area contributed by atoms with E-state index in [1.165, 1.54) is 5.56 Å². The molecule has 1 unspecified atom stereocenters. The van der Waals surface area contributed by atoms with Gasteiger partial charge in [0.05, 0.1) is 6.04 Å². The largest absolute Gasteiger partial charge is 0.298 e. The zero-order chi connectivity index (χ0) is 21.6. The third-order valence-electron chi connectivity index (χ3n) is 5.98. The van der Waals surface area contributed by atoms with Gasteiger partial charge in [0.15, 0.2) is 0 Å². The molecule has 0 saturated carbocycles. The van der Waals surface area contributed by atoms with Gasteiger partial charge in [-0.05, 0) is 61.4 Å². The summed E-state index contributed by atoms with van der Waals surface area (Å²) in [5.74, 6) is 6.28. The van der Waals surface area contributed by atoms with Crippen LogP contribution in [0.2, 0.25) is 0 Å². The monoisotopic (exact) mass is 412 g/mol. The molecule has 31 heavy (non-hydrogen) atoms. The summed E-state index contributed by atoms with van der Waals surface area (Å²) in [5, 5.41) is 0. The first-order valence-electron chi connectivity index (χ1n) is 11.0. The van der Waals surface area contributed by atoms with E-state index in [1.807, 2.05) is 42.5 Å². The van der Waals surface area contributed by atoms with Crippen molar-refractivity contribution in [3.63, 3.8) is 0 Å². The van der Waals surface area contributed by atoms with E-state index < -0.39 is 0 Å². The third-order valence-corrected chi connectivity index (χ3v) is 5.98. The molecule has 158 valence electrons. The third kappa shape index (κ3) is 5.41. The van der Waals surface area contributed by atoms with Crippen LogP contribution in [0.5, 0.6) is 0 Å². The molecule has 1 saturated heterocycles. The number of rotatable bonds is 4. The molecular formula is C28H29FN2. The van der Waals surface area contributed by atoms with Crippen molar-refractivity contribution in [2.75, 3.05) is 26.2 Å². The molecule has 1 fully saturated rings. The minimum atomic E-state index is -0.196. The molecule has 1 aliphatic rings. The van der Waals surface area contributed by atoms with E-state index >= 15 is 0 Å². The summed E-state index contributed by atoms with van der Waals surface area (Å²) < 4.78 is 13.6. The van der Waals surface area contributed by atoms with Crippen LogP contribution in [0.4, 0.5) is 4.39 Å². The van der Waals surface area contributed by atoms with Crippen LogP contribution in [0.25, 0.3) is 0 Å². The maximum Gasteiger partial charge on any atom is 0.123 e. The minimum Gasteiger partial charge on any atom is -0.298 e. The highest BCUT2D eigenvalue weighted by atomic mass is 19.1. The second kappa shape index (κ2) is 9.92. The van der Waals surface area contributed by atoms with E-state index in [1.54, 1.807) is 12.1 Å². The fraction of sp³-hybridized carbons (Fsp3) is 0.286. The van der Waals surface area contributed by atoms with Gasteiger partial charge in [0.25, 0.3) is 0 Å². The Kier molecular flexibility index (Phi) is 6.82. The SMILES string of the molecule is CC(C)N1CCN(C(c2ccc(F)cc2)c2ccc(C#Cc3ccccc3)cc2)CC1. The predicted octanol–water partition coefficient (Wildman–Crippen LogP) is 5.34. The zero-order valence-electron chi connectivity index (χ0n) is 18.3. The van der Waals surface area contributed by atoms with Crippen LogP contribution in [-0.2, 0) is 0 Å². The van der Waals surface area contributed by atoms with Gasteiger partial charge >= 0.3 is 0 Å². The Hall–Kier alpha value is -2.93. The molecule has 3 aromatic carbocycles. The molecule has 2 nitrogen and oxygen atoms in total. The second-order valence-electron chi connectivity index (χ2n) is 8.36. The van der Waals surface area contributed by atoms with Gasteiger partial charge in [0.1, 0.15) is 5.82 Å². The first-order valence-corrected chi connectivity index (χ1v) is 11.0. The van der Waals surface area contributed by atoms with Crippen molar-refractivity contribution in [3.05, 3.63) is 107 Å². The van der Waals surface area contributed by atoms with Gasteiger partial charge in [0, 0.05) is 43.3 Å². The van der Waals surface area contributed by atoms with Crippen molar-refractivity contribution >= 4 is 0 Å². The smallest absolute Gasteiger partial charge is 0.123 e. The first-order chi connectivity index (χ1) is 15.1. The van der Waals surface area contributed by atoms with Gasteiger partial charge in [-0.1, -0.05) is 54.3 Å². The van der Waals surface area contributed by atoms with E-state index in [9.17, 15) is 4.39 Å². The number of nitrogens with zero attached hydrogens (tertiary/aromatic N) is 2. The molecule has 3 heteroatoms. The highest BCUT2D eigenvalue weighted by Gasteiger charge is 2.27. The fourth-order valence-electron chi connectivity index (χ4n) is 4.19. The highest BCUT2D eigenvalue weighted by molar-refractivity contribution is 5.44. The van der Waals surface area contributed by atoms with E-state index in [4.69, 9.17) is 0 Å². The Morgan fingerprint density at radius 3 is 1.68 bits per heavy atom. The van der Waals surface area contributed by atoms with Crippen LogP contribution in [0.15, 0.2) is 78.9 Å². The van der Waals surface area contributed by atoms with Crippen LogP contribution >= 0.6 is 0 Å². The lowest BCUT2D eigenvalue weighted by atomic mass is 9.95. The van der Waals surface area contributed by atoms with Gasteiger partial charge in [0.2, 0.25) is 0 Å². The molecule has 1 heterocycles. The fourth-order valence-corrected chi connectivity index (χ4v) is 4.19. The highest BCUT2D eigenvalue weighted by Crippen LogP contribution is 2.30. The molecule has 0 spiro atoms.